The number of nitrogens with two attached hydrogens (primary N) is 1. The molecule has 1 aromatic carbocycles. The van der Waals surface area contributed by atoms with Gasteiger partial charge in [-0.1, -0.05) is 12.1 Å². The first-order valence-electron chi connectivity index (χ1n) is 8.06. The summed E-state index contributed by atoms with van der Waals surface area (Å²) in [5.41, 5.74) is 6.44. The van der Waals surface area contributed by atoms with Gasteiger partial charge in [-0.2, -0.15) is 0 Å². The van der Waals surface area contributed by atoms with Crippen LogP contribution < -0.4 is 11.1 Å². The predicted octanol–water partition coefficient (Wildman–Crippen LogP) is 2.10. The molecule has 3 rings (SSSR count). The van der Waals surface area contributed by atoms with Crippen molar-refractivity contribution in [3.63, 3.8) is 0 Å². The van der Waals surface area contributed by atoms with Crippen LogP contribution in [0.3, 0.4) is 0 Å². The van der Waals surface area contributed by atoms with Crippen LogP contribution in [0, 0.1) is 5.41 Å². The van der Waals surface area contributed by atoms with Crippen LogP contribution in [0.2, 0.25) is 0 Å². The Labute approximate surface area is 140 Å². The summed E-state index contributed by atoms with van der Waals surface area (Å²) in [6, 6.07) is 8.14. The third-order valence-corrected chi connectivity index (χ3v) is 5.58. The van der Waals surface area contributed by atoms with E-state index in [1.807, 2.05) is 25.1 Å². The molecule has 0 spiro atoms. The molecule has 1 aromatic heterocycles. The number of nitrogens with one attached hydrogen (secondary N) is 1. The third kappa shape index (κ3) is 3.54. The molecule has 23 heavy (non-hydrogen) atoms. The molecule has 1 unspecified atom stereocenters. The van der Waals surface area contributed by atoms with Gasteiger partial charge in [-0.05, 0) is 31.9 Å². The van der Waals surface area contributed by atoms with E-state index in [1.165, 1.54) is 4.70 Å². The van der Waals surface area contributed by atoms with Gasteiger partial charge in [-0.25, -0.2) is 4.98 Å². The van der Waals surface area contributed by atoms with Gasteiger partial charge in [0.05, 0.1) is 20.6 Å². The summed E-state index contributed by atoms with van der Waals surface area (Å²) in [4.78, 5) is 17.3. The van der Waals surface area contributed by atoms with Crippen LogP contribution in [0.25, 0.3) is 10.2 Å². The zero-order valence-electron chi connectivity index (χ0n) is 13.4. The highest BCUT2D eigenvalue weighted by atomic mass is 32.1. The van der Waals surface area contributed by atoms with Crippen LogP contribution in [0.15, 0.2) is 24.3 Å². The molecule has 5 nitrogen and oxygen atoms in total. The van der Waals surface area contributed by atoms with Gasteiger partial charge >= 0.3 is 0 Å². The second-order valence-corrected chi connectivity index (χ2v) is 7.37. The van der Waals surface area contributed by atoms with Crippen molar-refractivity contribution in [2.24, 2.45) is 11.1 Å². The second kappa shape index (κ2) is 6.95. The summed E-state index contributed by atoms with van der Waals surface area (Å²) in [5, 5.41) is 4.18. The minimum atomic E-state index is -0.472. The smallest absolute Gasteiger partial charge is 0.227 e. The van der Waals surface area contributed by atoms with E-state index in [4.69, 9.17) is 10.5 Å². The highest BCUT2D eigenvalue weighted by Gasteiger charge is 2.39. The van der Waals surface area contributed by atoms with Gasteiger partial charge in [0.2, 0.25) is 5.91 Å². The number of rotatable bonds is 5. The normalized spacial score (nSPS) is 18.7. The van der Waals surface area contributed by atoms with Crippen LogP contribution in [0.5, 0.6) is 0 Å². The van der Waals surface area contributed by atoms with Crippen molar-refractivity contribution in [2.75, 3.05) is 19.8 Å². The molecule has 1 amide bonds. The lowest BCUT2D eigenvalue weighted by molar-refractivity contribution is -0.136. The van der Waals surface area contributed by atoms with Crippen LogP contribution in [0.1, 0.15) is 24.8 Å². The van der Waals surface area contributed by atoms with E-state index in [2.05, 4.69) is 16.4 Å². The molecule has 1 fully saturated rings. The average Bonchev–Trinajstić information content (AvgIpc) is 2.97. The molecular weight excluding hydrogens is 310 g/mol. The van der Waals surface area contributed by atoms with E-state index in [0.717, 1.165) is 16.9 Å². The first kappa shape index (κ1) is 16.4. The Balaban J connectivity index is 1.64. The number of hydrogen-bond donors (Lipinski definition) is 2. The Morgan fingerprint density at radius 1 is 1.43 bits per heavy atom. The summed E-state index contributed by atoms with van der Waals surface area (Å²) in [5.74, 6) is 0.0527. The molecule has 3 N–H and O–H groups in total. The van der Waals surface area contributed by atoms with E-state index < -0.39 is 5.41 Å². The number of fused-ring (bicyclic) bond motifs is 1. The molecule has 0 aliphatic carbocycles. The molecule has 0 bridgehead atoms. The maximum Gasteiger partial charge on any atom is 0.227 e. The van der Waals surface area contributed by atoms with Crippen LogP contribution >= 0.6 is 11.3 Å². The Bertz CT molecular complexity index is 646. The number of para-hydroxylation sites is 1. The minimum Gasteiger partial charge on any atom is -0.381 e. The Morgan fingerprint density at radius 2 is 2.17 bits per heavy atom. The number of amides is 1. The fraction of sp³-hybridized carbons (Fsp3) is 0.529. The maximum atomic E-state index is 12.7. The first-order chi connectivity index (χ1) is 11.1. The highest BCUT2D eigenvalue weighted by molar-refractivity contribution is 7.18. The van der Waals surface area contributed by atoms with E-state index in [1.54, 1.807) is 11.3 Å². The number of carbonyl (C=O) groups excluding carboxylic acids is 1. The summed E-state index contributed by atoms with van der Waals surface area (Å²) >= 11 is 1.69. The number of thiazole rings is 1. The summed E-state index contributed by atoms with van der Waals surface area (Å²) in [6.07, 6.45) is 2.13. The van der Waals surface area contributed by atoms with Gasteiger partial charge in [0.1, 0.15) is 0 Å². The molecule has 1 atom stereocenters. The lowest BCUT2D eigenvalue weighted by Gasteiger charge is -2.35. The molecule has 1 aliphatic rings. The van der Waals surface area contributed by atoms with E-state index in [-0.39, 0.29) is 11.9 Å². The largest absolute Gasteiger partial charge is 0.381 e. The van der Waals surface area contributed by atoms with Gasteiger partial charge < -0.3 is 15.8 Å². The standard InChI is InChI=1S/C17H23N3O2S/c1-12(10-15-20-13-4-2-3-5-14(13)23-15)19-16(21)17(11-18)6-8-22-9-7-17/h2-5,12H,6-11,18H2,1H3,(H,19,21). The number of carbonyl (C=O) groups is 1. The molecule has 0 saturated carbocycles. The quantitative estimate of drug-likeness (QED) is 0.878. The zero-order valence-corrected chi connectivity index (χ0v) is 14.2. The summed E-state index contributed by atoms with van der Waals surface area (Å²) in [6.45, 7) is 3.61. The first-order valence-corrected chi connectivity index (χ1v) is 8.88. The monoisotopic (exact) mass is 333 g/mol. The zero-order chi connectivity index (χ0) is 16.3. The Hall–Kier alpha value is -1.50. The number of ether oxygens (including phenoxy) is 1. The molecule has 0 radical (unpaired) electrons. The fourth-order valence-corrected chi connectivity index (χ4v) is 4.08. The number of nitrogens with zero attached hydrogens (tertiary/aromatic N) is 1. The SMILES string of the molecule is CC(Cc1nc2ccccc2s1)NC(=O)C1(CN)CCOCC1. The van der Waals surface area contributed by atoms with Crippen molar-refractivity contribution in [3.8, 4) is 0 Å². The molecule has 2 heterocycles. The van der Waals surface area contributed by atoms with Crippen LogP contribution in [-0.4, -0.2) is 36.7 Å². The fourth-order valence-electron chi connectivity index (χ4n) is 2.98. The second-order valence-electron chi connectivity index (χ2n) is 6.25. The minimum absolute atomic E-state index is 0.0364. The lowest BCUT2D eigenvalue weighted by Crippen LogP contribution is -2.51. The molecule has 6 heteroatoms. The molecule has 1 saturated heterocycles. The lowest BCUT2D eigenvalue weighted by atomic mass is 9.79. The van der Waals surface area contributed by atoms with Crippen molar-refractivity contribution in [1.82, 2.24) is 10.3 Å². The number of hydrogen-bond acceptors (Lipinski definition) is 5. The maximum absolute atomic E-state index is 12.7. The summed E-state index contributed by atoms with van der Waals surface area (Å²) < 4.78 is 6.55. The topological polar surface area (TPSA) is 77.2 Å². The van der Waals surface area contributed by atoms with Crippen molar-refractivity contribution >= 4 is 27.5 Å². The highest BCUT2D eigenvalue weighted by Crippen LogP contribution is 2.30. The predicted molar refractivity (Wildman–Crippen MR) is 92.5 cm³/mol. The molecule has 2 aromatic rings. The van der Waals surface area contributed by atoms with Gasteiger partial charge in [0.25, 0.3) is 0 Å². The molecule has 124 valence electrons. The summed E-state index contributed by atoms with van der Waals surface area (Å²) in [7, 11) is 0. The average molecular weight is 333 g/mol. The van der Waals surface area contributed by atoms with Gasteiger partial charge in [0.15, 0.2) is 0 Å². The van der Waals surface area contributed by atoms with E-state index in [9.17, 15) is 4.79 Å². The van der Waals surface area contributed by atoms with Crippen molar-refractivity contribution in [1.29, 1.82) is 0 Å². The van der Waals surface area contributed by atoms with Crippen molar-refractivity contribution < 1.29 is 9.53 Å². The van der Waals surface area contributed by atoms with E-state index >= 15 is 0 Å². The van der Waals surface area contributed by atoms with Gasteiger partial charge in [-0.3, -0.25) is 4.79 Å². The number of benzene rings is 1. The third-order valence-electron chi connectivity index (χ3n) is 4.52. The van der Waals surface area contributed by atoms with Gasteiger partial charge in [-0.15, -0.1) is 11.3 Å². The Morgan fingerprint density at radius 3 is 2.87 bits per heavy atom. The van der Waals surface area contributed by atoms with Crippen molar-refractivity contribution in [3.05, 3.63) is 29.3 Å². The van der Waals surface area contributed by atoms with Crippen LogP contribution in [0.4, 0.5) is 0 Å². The molecule has 1 aliphatic heterocycles. The molecular formula is C17H23N3O2S. The van der Waals surface area contributed by atoms with Crippen molar-refractivity contribution in [2.45, 2.75) is 32.2 Å². The van der Waals surface area contributed by atoms with Gasteiger partial charge in [0, 0.05) is 32.2 Å². The van der Waals surface area contributed by atoms with E-state index in [0.29, 0.717) is 32.6 Å². The van der Waals surface area contributed by atoms with Crippen LogP contribution in [-0.2, 0) is 16.0 Å². The Kier molecular flexibility index (Phi) is 4.94. The number of aromatic nitrogens is 1.